The Morgan fingerprint density at radius 1 is 1.36 bits per heavy atom. The van der Waals surface area contributed by atoms with E-state index in [-0.39, 0.29) is 17.1 Å². The number of morpholine rings is 1. The highest BCUT2D eigenvalue weighted by Gasteiger charge is 2.52. The number of ether oxygens (including phenoxy) is 1. The predicted octanol–water partition coefficient (Wildman–Crippen LogP) is 1.41. The Morgan fingerprint density at radius 2 is 2.20 bits per heavy atom. The van der Waals surface area contributed by atoms with E-state index in [1.54, 1.807) is 23.7 Å². The van der Waals surface area contributed by atoms with Gasteiger partial charge in [0.2, 0.25) is 0 Å². The summed E-state index contributed by atoms with van der Waals surface area (Å²) >= 11 is 1.63. The number of likely N-dealkylation sites (tertiary alicyclic amines) is 1. The van der Waals surface area contributed by atoms with E-state index < -0.39 is 0 Å². The predicted molar refractivity (Wildman–Crippen MR) is 94.6 cm³/mol. The van der Waals surface area contributed by atoms with Crippen LogP contribution in [0.5, 0.6) is 0 Å². The van der Waals surface area contributed by atoms with Crippen LogP contribution in [-0.2, 0) is 11.2 Å². The highest BCUT2D eigenvalue weighted by atomic mass is 32.1. The standard InChI is InChI=1S/C17H23N5O2S/c1-16(2)8-22(15(23)13-5-19-20-6-13)11-17(24-16)9-21(10-17)4-3-14-7-25-12-18-14/h5-7,12H,3-4,8-11H2,1-2H3,(H,19,20). The van der Waals surface area contributed by atoms with Crippen molar-refractivity contribution in [2.45, 2.75) is 31.5 Å². The van der Waals surface area contributed by atoms with Gasteiger partial charge in [-0.1, -0.05) is 0 Å². The summed E-state index contributed by atoms with van der Waals surface area (Å²) in [4.78, 5) is 21.4. The van der Waals surface area contributed by atoms with Gasteiger partial charge in [0.1, 0.15) is 5.60 Å². The van der Waals surface area contributed by atoms with Crippen molar-refractivity contribution >= 4 is 17.2 Å². The number of carbonyl (C=O) groups excluding carboxylic acids is 1. The van der Waals surface area contributed by atoms with Crippen molar-refractivity contribution in [3.05, 3.63) is 34.5 Å². The van der Waals surface area contributed by atoms with Gasteiger partial charge in [-0.25, -0.2) is 4.98 Å². The lowest BCUT2D eigenvalue weighted by atomic mass is 9.88. The average Bonchev–Trinajstić information content (AvgIpc) is 3.21. The SMILES string of the molecule is CC1(C)CN(C(=O)c2cn[nH]c2)CC2(CN(CCc3cscn3)C2)O1. The number of aromatic amines is 1. The Hall–Kier alpha value is -1.77. The van der Waals surface area contributed by atoms with Gasteiger partial charge < -0.3 is 9.64 Å². The van der Waals surface area contributed by atoms with Gasteiger partial charge in [0, 0.05) is 44.2 Å². The molecule has 1 amide bonds. The summed E-state index contributed by atoms with van der Waals surface area (Å²) in [6, 6.07) is 0. The number of nitrogens with one attached hydrogen (secondary N) is 1. The van der Waals surface area contributed by atoms with E-state index in [2.05, 4.69) is 39.3 Å². The first kappa shape index (κ1) is 16.7. The number of amides is 1. The van der Waals surface area contributed by atoms with Crippen LogP contribution in [0.1, 0.15) is 29.9 Å². The molecule has 0 radical (unpaired) electrons. The molecule has 2 saturated heterocycles. The molecule has 0 atom stereocenters. The molecule has 1 N–H and O–H groups in total. The molecule has 4 rings (SSSR count). The lowest BCUT2D eigenvalue weighted by molar-refractivity contribution is -0.240. The van der Waals surface area contributed by atoms with Crippen LogP contribution in [0.3, 0.4) is 0 Å². The first-order valence-electron chi connectivity index (χ1n) is 8.52. The van der Waals surface area contributed by atoms with Crippen molar-refractivity contribution in [1.82, 2.24) is 25.0 Å². The zero-order valence-electron chi connectivity index (χ0n) is 14.6. The summed E-state index contributed by atoms with van der Waals surface area (Å²) in [5.41, 5.74) is 3.01. The fraction of sp³-hybridized carbons (Fsp3) is 0.588. The van der Waals surface area contributed by atoms with Gasteiger partial charge in [0.15, 0.2) is 0 Å². The summed E-state index contributed by atoms with van der Waals surface area (Å²) in [6.45, 7) is 8.03. The quantitative estimate of drug-likeness (QED) is 0.891. The smallest absolute Gasteiger partial charge is 0.257 e. The van der Waals surface area contributed by atoms with E-state index in [0.29, 0.717) is 18.7 Å². The van der Waals surface area contributed by atoms with Crippen molar-refractivity contribution in [2.24, 2.45) is 0 Å². The molecule has 0 aromatic carbocycles. The molecule has 1 spiro atoms. The number of aromatic nitrogens is 3. The number of carbonyl (C=O) groups is 1. The zero-order chi connectivity index (χ0) is 17.5. The summed E-state index contributed by atoms with van der Waals surface area (Å²) in [5.74, 6) is 0.0189. The molecule has 2 aromatic rings. The maximum atomic E-state index is 12.7. The zero-order valence-corrected chi connectivity index (χ0v) is 15.4. The summed E-state index contributed by atoms with van der Waals surface area (Å²) in [5, 5.41) is 8.70. The van der Waals surface area contributed by atoms with Crippen molar-refractivity contribution in [2.75, 3.05) is 32.7 Å². The highest BCUT2D eigenvalue weighted by molar-refractivity contribution is 7.07. The lowest BCUT2D eigenvalue weighted by Crippen LogP contribution is -2.74. The lowest BCUT2D eigenvalue weighted by Gasteiger charge is -2.58. The van der Waals surface area contributed by atoms with Crippen molar-refractivity contribution in [3.8, 4) is 0 Å². The maximum absolute atomic E-state index is 12.7. The van der Waals surface area contributed by atoms with Gasteiger partial charge in [-0.15, -0.1) is 11.3 Å². The molecule has 0 aliphatic carbocycles. The fourth-order valence-electron chi connectivity index (χ4n) is 3.93. The first-order chi connectivity index (χ1) is 11.9. The molecule has 0 saturated carbocycles. The molecule has 2 aliphatic heterocycles. The topological polar surface area (TPSA) is 74.4 Å². The minimum atomic E-state index is -0.349. The van der Waals surface area contributed by atoms with Gasteiger partial charge >= 0.3 is 0 Å². The van der Waals surface area contributed by atoms with Crippen LogP contribution >= 0.6 is 11.3 Å². The number of hydrogen-bond donors (Lipinski definition) is 1. The summed E-state index contributed by atoms with van der Waals surface area (Å²) in [7, 11) is 0. The molecule has 0 unspecified atom stereocenters. The number of hydrogen-bond acceptors (Lipinski definition) is 6. The van der Waals surface area contributed by atoms with Crippen LogP contribution in [0.4, 0.5) is 0 Å². The Bertz CT molecular complexity index is 722. The Morgan fingerprint density at radius 3 is 2.88 bits per heavy atom. The Balaban J connectivity index is 1.39. The molecule has 0 bridgehead atoms. The third kappa shape index (κ3) is 3.47. The minimum absolute atomic E-state index is 0.0189. The van der Waals surface area contributed by atoms with Gasteiger partial charge in [-0.3, -0.25) is 14.8 Å². The van der Waals surface area contributed by atoms with Crippen molar-refractivity contribution in [3.63, 3.8) is 0 Å². The fourth-order valence-corrected chi connectivity index (χ4v) is 4.53. The molecule has 134 valence electrons. The number of nitrogens with zero attached hydrogens (tertiary/aromatic N) is 4. The molecule has 7 nitrogen and oxygen atoms in total. The molecule has 4 heterocycles. The third-order valence-corrected chi connectivity index (χ3v) is 5.40. The van der Waals surface area contributed by atoms with Gasteiger partial charge in [0.25, 0.3) is 5.91 Å². The largest absolute Gasteiger partial charge is 0.363 e. The van der Waals surface area contributed by atoms with Crippen molar-refractivity contribution in [1.29, 1.82) is 0 Å². The van der Waals surface area contributed by atoms with Crippen LogP contribution in [0, 0.1) is 0 Å². The van der Waals surface area contributed by atoms with Crippen LogP contribution in [0.2, 0.25) is 0 Å². The normalized spacial score (nSPS) is 22.1. The number of rotatable bonds is 4. The number of thiazole rings is 1. The maximum Gasteiger partial charge on any atom is 0.257 e. The van der Waals surface area contributed by atoms with Crippen LogP contribution in [0.15, 0.2) is 23.3 Å². The van der Waals surface area contributed by atoms with E-state index in [0.717, 1.165) is 31.7 Å². The second kappa shape index (κ2) is 6.19. The van der Waals surface area contributed by atoms with Gasteiger partial charge in [-0.2, -0.15) is 5.10 Å². The van der Waals surface area contributed by atoms with Crippen molar-refractivity contribution < 1.29 is 9.53 Å². The third-order valence-electron chi connectivity index (χ3n) is 4.77. The average molecular weight is 361 g/mol. The molecule has 2 aromatic heterocycles. The van der Waals surface area contributed by atoms with Gasteiger partial charge in [0.05, 0.1) is 35.1 Å². The second-order valence-electron chi connectivity index (χ2n) is 7.63. The molecule has 2 fully saturated rings. The molecule has 8 heteroatoms. The summed E-state index contributed by atoms with van der Waals surface area (Å²) < 4.78 is 6.39. The van der Waals surface area contributed by atoms with E-state index >= 15 is 0 Å². The number of H-pyrrole nitrogens is 1. The van der Waals surface area contributed by atoms with E-state index in [4.69, 9.17) is 4.74 Å². The molecular formula is C17H23N5O2S. The monoisotopic (exact) mass is 361 g/mol. The van der Waals surface area contributed by atoms with Crippen LogP contribution in [-0.4, -0.2) is 74.8 Å². The van der Waals surface area contributed by atoms with E-state index in [9.17, 15) is 4.79 Å². The Kier molecular flexibility index (Phi) is 4.13. The van der Waals surface area contributed by atoms with E-state index in [1.165, 1.54) is 0 Å². The first-order valence-corrected chi connectivity index (χ1v) is 9.47. The van der Waals surface area contributed by atoms with Crippen LogP contribution < -0.4 is 0 Å². The summed E-state index contributed by atoms with van der Waals surface area (Å²) in [6.07, 6.45) is 4.19. The molecule has 25 heavy (non-hydrogen) atoms. The van der Waals surface area contributed by atoms with Crippen LogP contribution in [0.25, 0.3) is 0 Å². The second-order valence-corrected chi connectivity index (χ2v) is 8.35. The Labute approximate surface area is 151 Å². The minimum Gasteiger partial charge on any atom is -0.363 e. The highest BCUT2D eigenvalue weighted by Crippen LogP contribution is 2.36. The van der Waals surface area contributed by atoms with Gasteiger partial charge in [-0.05, 0) is 13.8 Å². The van der Waals surface area contributed by atoms with E-state index in [1.807, 2.05) is 10.4 Å². The molecule has 2 aliphatic rings. The molecular weight excluding hydrogens is 338 g/mol.